The second kappa shape index (κ2) is 24.9. The van der Waals surface area contributed by atoms with Crippen molar-refractivity contribution in [3.05, 3.63) is 0 Å². The average molecular weight is 655 g/mol. The summed E-state index contributed by atoms with van der Waals surface area (Å²) in [5, 5.41) is 22.2. The molecule has 8 N–H and O–H groups in total. The molecule has 0 fully saturated rings. The van der Waals surface area contributed by atoms with Crippen molar-refractivity contribution < 1.29 is 33.9 Å². The molecule has 266 valence electrons. The SMILES string of the molecule is CCCCCCCCCCCC(=O)N[C@H](C(=O)N[C@H](C(=O)NCC(=O)N[C@@H](C)C(=O)N[C@@H](CCCCN)C(=O)O)C(C)C)C(C)C. The topological polar surface area (TPSA) is 209 Å². The minimum atomic E-state index is -1.18. The van der Waals surface area contributed by atoms with E-state index in [0.717, 1.165) is 19.3 Å². The van der Waals surface area contributed by atoms with E-state index in [1.54, 1.807) is 13.8 Å². The van der Waals surface area contributed by atoms with E-state index in [2.05, 4.69) is 33.5 Å². The normalized spacial score (nSPS) is 13.8. The Kier molecular flexibility index (Phi) is 23.2. The molecule has 0 saturated heterocycles. The number of carbonyl (C=O) groups excluding carboxylic acids is 5. The molecule has 0 spiro atoms. The maximum absolute atomic E-state index is 13.2. The van der Waals surface area contributed by atoms with Gasteiger partial charge in [-0.15, -0.1) is 0 Å². The summed E-state index contributed by atoms with van der Waals surface area (Å²) in [7, 11) is 0. The molecule has 0 unspecified atom stereocenters. The summed E-state index contributed by atoms with van der Waals surface area (Å²) in [5.74, 6) is -4.35. The van der Waals surface area contributed by atoms with Crippen LogP contribution in [0.3, 0.4) is 0 Å². The van der Waals surface area contributed by atoms with Crippen LogP contribution in [0, 0.1) is 11.8 Å². The van der Waals surface area contributed by atoms with Crippen LogP contribution in [0.15, 0.2) is 0 Å². The second-order valence-electron chi connectivity index (χ2n) is 12.8. The van der Waals surface area contributed by atoms with Gasteiger partial charge in [-0.05, 0) is 51.0 Å². The fourth-order valence-corrected chi connectivity index (χ4v) is 4.84. The fraction of sp³-hybridized carbons (Fsp3) is 0.818. The van der Waals surface area contributed by atoms with Crippen LogP contribution in [0.4, 0.5) is 0 Å². The third kappa shape index (κ3) is 19.3. The van der Waals surface area contributed by atoms with Gasteiger partial charge in [0.1, 0.15) is 24.2 Å². The van der Waals surface area contributed by atoms with Crippen molar-refractivity contribution in [3.63, 3.8) is 0 Å². The molecule has 0 bridgehead atoms. The van der Waals surface area contributed by atoms with Gasteiger partial charge in [0.15, 0.2) is 0 Å². The van der Waals surface area contributed by atoms with E-state index < -0.39 is 60.3 Å². The number of aliphatic carboxylic acids is 1. The number of carboxylic acid groups (broad SMARTS) is 1. The molecule has 46 heavy (non-hydrogen) atoms. The quantitative estimate of drug-likeness (QED) is 0.0688. The van der Waals surface area contributed by atoms with Crippen LogP contribution in [-0.2, 0) is 28.8 Å². The summed E-state index contributed by atoms with van der Waals surface area (Å²) >= 11 is 0. The Bertz CT molecular complexity index is 943. The van der Waals surface area contributed by atoms with Crippen molar-refractivity contribution in [2.45, 2.75) is 149 Å². The van der Waals surface area contributed by atoms with Crippen LogP contribution in [-0.4, -0.2) is 77.9 Å². The van der Waals surface area contributed by atoms with Crippen LogP contribution >= 0.6 is 0 Å². The van der Waals surface area contributed by atoms with E-state index in [9.17, 15) is 33.9 Å². The number of unbranched alkanes of at least 4 members (excludes halogenated alkanes) is 9. The average Bonchev–Trinajstić information content (AvgIpc) is 2.99. The number of hydrogen-bond donors (Lipinski definition) is 7. The predicted octanol–water partition coefficient (Wildman–Crippen LogP) is 2.51. The molecule has 5 amide bonds. The minimum Gasteiger partial charge on any atom is -0.480 e. The Balaban J connectivity index is 4.82. The highest BCUT2D eigenvalue weighted by Crippen LogP contribution is 2.12. The number of hydrogen-bond acceptors (Lipinski definition) is 7. The molecular weight excluding hydrogens is 592 g/mol. The summed E-state index contributed by atoms with van der Waals surface area (Å²) in [4.78, 5) is 75.1. The first kappa shape index (κ1) is 42.8. The summed E-state index contributed by atoms with van der Waals surface area (Å²) in [5.41, 5.74) is 5.44. The number of amides is 5. The molecule has 4 atom stereocenters. The predicted molar refractivity (Wildman–Crippen MR) is 178 cm³/mol. The minimum absolute atomic E-state index is 0.206. The van der Waals surface area contributed by atoms with Gasteiger partial charge in [-0.25, -0.2) is 4.79 Å². The van der Waals surface area contributed by atoms with E-state index in [4.69, 9.17) is 5.73 Å². The lowest BCUT2D eigenvalue weighted by molar-refractivity contribution is -0.142. The highest BCUT2D eigenvalue weighted by Gasteiger charge is 2.31. The summed E-state index contributed by atoms with van der Waals surface area (Å²) < 4.78 is 0. The van der Waals surface area contributed by atoms with Crippen molar-refractivity contribution in [2.75, 3.05) is 13.1 Å². The van der Waals surface area contributed by atoms with E-state index in [1.165, 1.54) is 45.4 Å². The fourth-order valence-electron chi connectivity index (χ4n) is 4.84. The largest absolute Gasteiger partial charge is 0.480 e. The Morgan fingerprint density at radius 2 is 1.15 bits per heavy atom. The van der Waals surface area contributed by atoms with Crippen LogP contribution in [0.1, 0.15) is 125 Å². The van der Waals surface area contributed by atoms with Gasteiger partial charge in [-0.2, -0.15) is 0 Å². The Labute approximate surface area is 275 Å². The molecule has 13 nitrogen and oxygen atoms in total. The van der Waals surface area contributed by atoms with E-state index in [1.807, 2.05) is 13.8 Å². The monoisotopic (exact) mass is 654 g/mol. The standard InChI is InChI=1S/C33H62N6O7/c1-7-8-9-10-11-12-13-14-15-19-26(40)38-29(23(4)5)32(44)39-28(22(2)3)31(43)35-21-27(41)36-24(6)30(42)37-25(33(45)46)18-16-17-20-34/h22-25,28-29H,7-21,34H2,1-6H3,(H,35,43)(H,36,41)(H,37,42)(H,38,40)(H,39,44)(H,45,46)/t24-,25-,28-,29-/m0/s1. The van der Waals surface area contributed by atoms with E-state index in [-0.39, 0.29) is 24.2 Å². The third-order valence-electron chi connectivity index (χ3n) is 7.78. The zero-order valence-corrected chi connectivity index (χ0v) is 29.0. The van der Waals surface area contributed by atoms with Gasteiger partial charge in [-0.1, -0.05) is 86.0 Å². The first-order chi connectivity index (χ1) is 21.7. The van der Waals surface area contributed by atoms with Crippen LogP contribution in [0.2, 0.25) is 0 Å². The third-order valence-corrected chi connectivity index (χ3v) is 7.78. The van der Waals surface area contributed by atoms with Crippen molar-refractivity contribution in [2.24, 2.45) is 17.6 Å². The summed E-state index contributed by atoms with van der Waals surface area (Å²) in [6, 6.07) is -3.95. The summed E-state index contributed by atoms with van der Waals surface area (Å²) in [6.07, 6.45) is 11.9. The van der Waals surface area contributed by atoms with Crippen LogP contribution < -0.4 is 32.3 Å². The maximum atomic E-state index is 13.2. The van der Waals surface area contributed by atoms with Gasteiger partial charge >= 0.3 is 5.97 Å². The molecule has 0 aliphatic heterocycles. The molecule has 0 radical (unpaired) electrons. The molecule has 0 rings (SSSR count). The first-order valence-corrected chi connectivity index (χ1v) is 17.1. The highest BCUT2D eigenvalue weighted by molar-refractivity contribution is 5.94. The molecule has 0 heterocycles. The van der Waals surface area contributed by atoms with Crippen LogP contribution in [0.5, 0.6) is 0 Å². The highest BCUT2D eigenvalue weighted by atomic mass is 16.4. The van der Waals surface area contributed by atoms with Crippen molar-refractivity contribution in [3.8, 4) is 0 Å². The number of nitrogens with one attached hydrogen (secondary N) is 5. The Morgan fingerprint density at radius 1 is 0.609 bits per heavy atom. The second-order valence-corrected chi connectivity index (χ2v) is 12.8. The van der Waals surface area contributed by atoms with Crippen LogP contribution in [0.25, 0.3) is 0 Å². The summed E-state index contributed by atoms with van der Waals surface area (Å²) in [6.45, 7) is 10.7. The van der Waals surface area contributed by atoms with Gasteiger partial charge in [0.2, 0.25) is 29.5 Å². The Morgan fingerprint density at radius 3 is 1.67 bits per heavy atom. The number of carbonyl (C=O) groups is 6. The number of nitrogens with two attached hydrogens (primary N) is 1. The Hall–Kier alpha value is -3.22. The first-order valence-electron chi connectivity index (χ1n) is 17.1. The van der Waals surface area contributed by atoms with Gasteiger partial charge in [0, 0.05) is 6.42 Å². The van der Waals surface area contributed by atoms with E-state index in [0.29, 0.717) is 25.8 Å². The van der Waals surface area contributed by atoms with Gasteiger partial charge in [-0.3, -0.25) is 24.0 Å². The lowest BCUT2D eigenvalue weighted by atomic mass is 9.99. The zero-order chi connectivity index (χ0) is 35.1. The molecule has 0 aromatic carbocycles. The zero-order valence-electron chi connectivity index (χ0n) is 29.0. The van der Waals surface area contributed by atoms with Crippen molar-refractivity contribution in [1.82, 2.24) is 26.6 Å². The van der Waals surface area contributed by atoms with Gasteiger partial charge in [0.25, 0.3) is 0 Å². The van der Waals surface area contributed by atoms with Crippen molar-refractivity contribution >= 4 is 35.5 Å². The smallest absolute Gasteiger partial charge is 0.326 e. The number of carboxylic acids is 1. The molecule has 0 aromatic heterocycles. The van der Waals surface area contributed by atoms with Gasteiger partial charge in [0.05, 0.1) is 6.54 Å². The lowest BCUT2D eigenvalue weighted by Crippen LogP contribution is -2.57. The number of rotatable bonds is 26. The molecule has 0 saturated carbocycles. The lowest BCUT2D eigenvalue weighted by Gasteiger charge is -2.27. The van der Waals surface area contributed by atoms with E-state index >= 15 is 0 Å². The van der Waals surface area contributed by atoms with Crippen molar-refractivity contribution in [1.29, 1.82) is 0 Å². The molecule has 13 heteroatoms. The van der Waals surface area contributed by atoms with Gasteiger partial charge < -0.3 is 37.4 Å². The molecule has 0 aliphatic rings. The maximum Gasteiger partial charge on any atom is 0.326 e. The molecule has 0 aliphatic carbocycles. The molecular formula is C33H62N6O7. The molecule has 0 aromatic rings.